The van der Waals surface area contributed by atoms with Crippen LogP contribution in [0.25, 0.3) is 11.4 Å². The van der Waals surface area contributed by atoms with Gasteiger partial charge < -0.3 is 9.84 Å². The number of carbonyl (C=O) groups excluding carboxylic acids is 2. The molecule has 0 saturated carbocycles. The molecule has 4 heterocycles. The number of nitrogens with zero attached hydrogens (tertiary/aromatic N) is 5. The summed E-state index contributed by atoms with van der Waals surface area (Å²) < 4.78 is 8.13. The summed E-state index contributed by atoms with van der Waals surface area (Å²) in [6.45, 7) is 6.40. The first-order chi connectivity index (χ1) is 20.9. The molecule has 0 spiro atoms. The number of fused-ring (bicyclic) bond motifs is 1. The van der Waals surface area contributed by atoms with Crippen LogP contribution in [0.1, 0.15) is 47.5 Å². The van der Waals surface area contributed by atoms with Crippen LogP contribution < -0.4 is 9.64 Å². The first-order valence-electron chi connectivity index (χ1n) is 13.9. The van der Waals surface area contributed by atoms with Crippen LogP contribution in [0.3, 0.4) is 0 Å². The van der Waals surface area contributed by atoms with Crippen LogP contribution in [-0.4, -0.2) is 43.0 Å². The van der Waals surface area contributed by atoms with E-state index in [9.17, 15) is 14.7 Å². The zero-order valence-corrected chi connectivity index (χ0v) is 25.5. The van der Waals surface area contributed by atoms with Crippen molar-refractivity contribution in [3.05, 3.63) is 107 Å². The number of aliphatic hydroxyl groups is 1. The van der Waals surface area contributed by atoms with Crippen LogP contribution >= 0.6 is 23.1 Å². The SMILES string of the molecule is CCCOc1ccc(C2/C(=C(\O)c3c(C)nc4ccccn34)C(=O)C(=O)N2c2nnc(SCc3ccc(C)cc3)s2)cc1. The van der Waals surface area contributed by atoms with Crippen molar-refractivity contribution in [1.82, 2.24) is 19.6 Å². The minimum absolute atomic E-state index is 0.0370. The van der Waals surface area contributed by atoms with Crippen molar-refractivity contribution in [2.75, 3.05) is 11.5 Å². The third-order valence-corrected chi connectivity index (χ3v) is 9.25. The lowest BCUT2D eigenvalue weighted by Crippen LogP contribution is -2.29. The van der Waals surface area contributed by atoms with Gasteiger partial charge in [0.05, 0.1) is 23.9 Å². The molecule has 1 N–H and O–H groups in total. The molecule has 0 radical (unpaired) electrons. The summed E-state index contributed by atoms with van der Waals surface area (Å²) in [5.41, 5.74) is 4.41. The van der Waals surface area contributed by atoms with Gasteiger partial charge in [0, 0.05) is 11.9 Å². The number of anilines is 1. The van der Waals surface area contributed by atoms with Gasteiger partial charge in [0.25, 0.3) is 5.78 Å². The minimum Gasteiger partial charge on any atom is -0.505 e. The lowest BCUT2D eigenvalue weighted by molar-refractivity contribution is -0.132. The highest BCUT2D eigenvalue weighted by molar-refractivity contribution is 8.00. The standard InChI is InChI=1S/C32H29N5O4S2/c1-4-17-41-23-14-12-22(13-15-23)27-25(28(38)26-20(3)33-24-7-5-6-16-36(24)26)29(39)30(40)37(27)31-34-35-32(43-31)42-18-21-10-8-19(2)9-11-21/h5-16,27,38H,4,17-18H2,1-3H3/b28-25+. The first kappa shape index (κ1) is 28.6. The van der Waals surface area contributed by atoms with E-state index in [0.717, 1.165) is 12.0 Å². The second-order valence-corrected chi connectivity index (χ2v) is 12.4. The Morgan fingerprint density at radius 2 is 1.79 bits per heavy atom. The topological polar surface area (TPSA) is 110 Å². The number of aliphatic hydroxyl groups excluding tert-OH is 1. The Morgan fingerprint density at radius 1 is 1.02 bits per heavy atom. The average molecular weight is 612 g/mol. The molecular weight excluding hydrogens is 583 g/mol. The van der Waals surface area contributed by atoms with Crippen molar-refractivity contribution in [3.63, 3.8) is 0 Å². The number of thioether (sulfide) groups is 1. The largest absolute Gasteiger partial charge is 0.505 e. The van der Waals surface area contributed by atoms with Gasteiger partial charge in [-0.05, 0) is 55.7 Å². The summed E-state index contributed by atoms with van der Waals surface area (Å²) in [6.07, 6.45) is 2.62. The third kappa shape index (κ3) is 5.53. The van der Waals surface area contributed by atoms with E-state index in [0.29, 0.717) is 45.0 Å². The molecule has 1 amide bonds. The molecule has 0 bridgehead atoms. The van der Waals surface area contributed by atoms with Crippen LogP contribution in [-0.2, 0) is 15.3 Å². The normalized spacial score (nSPS) is 16.3. The monoisotopic (exact) mass is 611 g/mol. The quantitative estimate of drug-likeness (QED) is 0.0661. The molecule has 9 nitrogen and oxygen atoms in total. The molecule has 1 unspecified atom stereocenters. The van der Waals surface area contributed by atoms with E-state index in [1.54, 1.807) is 41.8 Å². The predicted octanol–water partition coefficient (Wildman–Crippen LogP) is 6.51. The second-order valence-electron chi connectivity index (χ2n) is 10.2. The molecule has 3 aromatic heterocycles. The molecule has 1 aliphatic rings. The number of hydrogen-bond donors (Lipinski definition) is 1. The van der Waals surface area contributed by atoms with E-state index < -0.39 is 17.7 Å². The number of aromatic nitrogens is 4. The highest BCUT2D eigenvalue weighted by Crippen LogP contribution is 2.44. The fourth-order valence-corrected chi connectivity index (χ4v) is 6.85. The molecule has 11 heteroatoms. The van der Waals surface area contributed by atoms with Gasteiger partial charge in [0.1, 0.15) is 17.1 Å². The molecular formula is C32H29N5O4S2. The maximum Gasteiger partial charge on any atom is 0.301 e. The fourth-order valence-electron chi connectivity index (χ4n) is 5.03. The number of hydrogen-bond acceptors (Lipinski definition) is 9. The lowest BCUT2D eigenvalue weighted by Gasteiger charge is -2.22. The number of aryl methyl sites for hydroxylation is 2. The summed E-state index contributed by atoms with van der Waals surface area (Å²) in [5, 5.41) is 20.7. The van der Waals surface area contributed by atoms with Crippen molar-refractivity contribution in [3.8, 4) is 5.75 Å². The minimum atomic E-state index is -0.934. The van der Waals surface area contributed by atoms with Crippen LogP contribution in [0.15, 0.2) is 82.8 Å². The molecule has 1 atom stereocenters. The van der Waals surface area contributed by atoms with Crippen molar-refractivity contribution in [2.45, 2.75) is 43.3 Å². The Bertz CT molecular complexity index is 1840. The number of rotatable bonds is 9. The van der Waals surface area contributed by atoms with E-state index >= 15 is 0 Å². The Morgan fingerprint density at radius 3 is 2.53 bits per heavy atom. The van der Waals surface area contributed by atoms with Gasteiger partial charge in [-0.15, -0.1) is 10.2 Å². The third-order valence-electron chi connectivity index (χ3n) is 7.13. The Balaban J connectivity index is 1.42. The van der Waals surface area contributed by atoms with E-state index in [1.165, 1.54) is 33.6 Å². The van der Waals surface area contributed by atoms with Crippen LogP contribution in [0.5, 0.6) is 5.75 Å². The number of carbonyl (C=O) groups is 2. The summed E-state index contributed by atoms with van der Waals surface area (Å²) >= 11 is 2.74. The van der Waals surface area contributed by atoms with Crippen LogP contribution in [0, 0.1) is 13.8 Å². The molecule has 1 aliphatic heterocycles. The van der Waals surface area contributed by atoms with Gasteiger partial charge in [-0.2, -0.15) is 0 Å². The van der Waals surface area contributed by atoms with Gasteiger partial charge in [-0.25, -0.2) is 4.98 Å². The number of ether oxygens (including phenoxy) is 1. The maximum atomic E-state index is 13.7. The predicted molar refractivity (Wildman–Crippen MR) is 168 cm³/mol. The number of benzene rings is 2. The highest BCUT2D eigenvalue weighted by atomic mass is 32.2. The number of imidazole rings is 1. The zero-order chi connectivity index (χ0) is 30.1. The number of Topliss-reactive ketones (excluding diaryl/α,β-unsaturated/α-hetero) is 1. The summed E-state index contributed by atoms with van der Waals surface area (Å²) in [6, 6.07) is 20.0. The maximum absolute atomic E-state index is 13.7. The van der Waals surface area contributed by atoms with E-state index in [4.69, 9.17) is 4.74 Å². The van der Waals surface area contributed by atoms with Crippen molar-refractivity contribution in [2.24, 2.45) is 0 Å². The summed E-state index contributed by atoms with van der Waals surface area (Å²) in [7, 11) is 0. The first-order valence-corrected chi connectivity index (χ1v) is 15.7. The van der Waals surface area contributed by atoms with Crippen molar-refractivity contribution < 1.29 is 19.4 Å². The molecule has 1 fully saturated rings. The van der Waals surface area contributed by atoms with Crippen LogP contribution in [0.2, 0.25) is 0 Å². The average Bonchev–Trinajstić information content (AvgIpc) is 3.69. The number of ketones is 1. The Hall–Kier alpha value is -4.48. The number of amides is 1. The highest BCUT2D eigenvalue weighted by Gasteiger charge is 2.49. The molecule has 2 aromatic carbocycles. The van der Waals surface area contributed by atoms with E-state index in [-0.39, 0.29) is 16.5 Å². The molecule has 218 valence electrons. The zero-order valence-electron chi connectivity index (χ0n) is 23.9. The van der Waals surface area contributed by atoms with Crippen molar-refractivity contribution in [1.29, 1.82) is 0 Å². The summed E-state index contributed by atoms with van der Waals surface area (Å²) in [4.78, 5) is 33.2. The molecule has 1 saturated heterocycles. The molecule has 5 aromatic rings. The molecule has 43 heavy (non-hydrogen) atoms. The fraction of sp³-hybridized carbons (Fsp3) is 0.219. The lowest BCUT2D eigenvalue weighted by atomic mass is 9.96. The van der Waals surface area contributed by atoms with E-state index in [1.807, 2.05) is 32.0 Å². The van der Waals surface area contributed by atoms with Gasteiger partial charge in [-0.1, -0.05) is 78.1 Å². The Labute approximate surface area is 256 Å². The van der Waals surface area contributed by atoms with Gasteiger partial charge in [0.15, 0.2) is 10.1 Å². The smallest absolute Gasteiger partial charge is 0.301 e. The van der Waals surface area contributed by atoms with Crippen molar-refractivity contribution >= 4 is 51.3 Å². The van der Waals surface area contributed by atoms with Gasteiger partial charge in [-0.3, -0.25) is 18.9 Å². The number of pyridine rings is 1. The second kappa shape index (κ2) is 12.0. The Kier molecular flexibility index (Phi) is 8.00. The van der Waals surface area contributed by atoms with Gasteiger partial charge >= 0.3 is 5.91 Å². The van der Waals surface area contributed by atoms with Crippen LogP contribution in [0.4, 0.5) is 5.13 Å². The van der Waals surface area contributed by atoms with E-state index in [2.05, 4.69) is 39.4 Å². The molecule has 6 rings (SSSR count). The van der Waals surface area contributed by atoms with Gasteiger partial charge in [0.2, 0.25) is 5.13 Å². The molecule has 0 aliphatic carbocycles. The summed E-state index contributed by atoms with van der Waals surface area (Å²) in [5.74, 6) is -0.527.